The zero-order chi connectivity index (χ0) is 15.7. The molecule has 1 heterocycles. The fraction of sp³-hybridized carbons (Fsp3) is 0.125. The zero-order valence-corrected chi connectivity index (χ0v) is 15.3. The number of thioether (sulfide) groups is 1. The quantitative estimate of drug-likeness (QED) is 0.603. The van der Waals surface area contributed by atoms with Crippen molar-refractivity contribution in [1.82, 2.24) is 4.57 Å². The van der Waals surface area contributed by atoms with Crippen LogP contribution in [0.15, 0.2) is 56.8 Å². The number of aryl methyl sites for hydroxylation is 1. The van der Waals surface area contributed by atoms with Crippen molar-refractivity contribution in [3.8, 4) is 0 Å². The Labute approximate surface area is 144 Å². The Morgan fingerprint density at radius 2 is 2.09 bits per heavy atom. The second kappa shape index (κ2) is 6.40. The normalized spacial score (nSPS) is 12.0. The summed E-state index contributed by atoms with van der Waals surface area (Å²) in [7, 11) is 1.93. The predicted octanol–water partition coefficient (Wildman–Crippen LogP) is 4.47. The molecule has 1 amide bonds. The Hall–Kier alpha value is -1.37. The van der Waals surface area contributed by atoms with Crippen LogP contribution in [0.2, 0.25) is 0 Å². The molecule has 0 aliphatic rings. The van der Waals surface area contributed by atoms with E-state index in [-0.39, 0.29) is 5.91 Å². The van der Waals surface area contributed by atoms with Gasteiger partial charge < -0.3 is 4.57 Å². The van der Waals surface area contributed by atoms with Gasteiger partial charge in [0, 0.05) is 22.0 Å². The van der Waals surface area contributed by atoms with Gasteiger partial charge >= 0.3 is 0 Å². The van der Waals surface area contributed by atoms with Crippen molar-refractivity contribution in [1.29, 1.82) is 0 Å². The van der Waals surface area contributed by atoms with Gasteiger partial charge in [0.1, 0.15) is 0 Å². The maximum atomic E-state index is 12.4. The Kier molecular flexibility index (Phi) is 4.52. The van der Waals surface area contributed by atoms with Crippen LogP contribution in [0.4, 0.5) is 0 Å². The van der Waals surface area contributed by atoms with Gasteiger partial charge in [0.05, 0.1) is 10.2 Å². The van der Waals surface area contributed by atoms with Crippen molar-refractivity contribution in [3.05, 3.63) is 57.3 Å². The maximum absolute atomic E-state index is 12.4. The molecule has 0 fully saturated rings. The highest BCUT2D eigenvalue weighted by Gasteiger charge is 2.08. The predicted molar refractivity (Wildman–Crippen MR) is 96.6 cm³/mol. The van der Waals surface area contributed by atoms with Crippen LogP contribution in [0.5, 0.6) is 0 Å². The van der Waals surface area contributed by atoms with Gasteiger partial charge in [-0.2, -0.15) is 4.99 Å². The standard InChI is InChI=1S/C16H13BrN2OS2/c1-19-13-7-6-11(17)9-14(13)22-16(19)18-15(20)10-4-3-5-12(8-10)21-2/h3-9H,1-2H3. The number of carbonyl (C=O) groups excluding carboxylic acids is 1. The minimum atomic E-state index is -0.211. The number of thiazole rings is 1. The lowest BCUT2D eigenvalue weighted by molar-refractivity contribution is 0.0997. The molecule has 0 aliphatic heterocycles. The van der Waals surface area contributed by atoms with Gasteiger partial charge in [0.25, 0.3) is 5.91 Å². The number of halogens is 1. The molecule has 0 bridgehead atoms. The first-order valence-corrected chi connectivity index (χ1v) is 9.40. The number of nitrogens with zero attached hydrogens (tertiary/aromatic N) is 2. The summed E-state index contributed by atoms with van der Waals surface area (Å²) < 4.78 is 4.07. The van der Waals surface area contributed by atoms with E-state index in [9.17, 15) is 4.79 Å². The Balaban J connectivity index is 2.07. The Bertz CT molecular complexity index is 927. The molecule has 0 aliphatic carbocycles. The van der Waals surface area contributed by atoms with Crippen LogP contribution < -0.4 is 4.80 Å². The minimum Gasteiger partial charge on any atom is -0.319 e. The fourth-order valence-corrected chi connectivity index (χ4v) is 4.15. The Morgan fingerprint density at radius 1 is 1.27 bits per heavy atom. The van der Waals surface area contributed by atoms with Gasteiger partial charge in [-0.25, -0.2) is 0 Å². The summed E-state index contributed by atoms with van der Waals surface area (Å²) in [5.41, 5.74) is 1.68. The first kappa shape index (κ1) is 15.5. The van der Waals surface area contributed by atoms with Crippen molar-refractivity contribution in [2.75, 3.05) is 6.26 Å². The molecule has 0 saturated carbocycles. The molecule has 3 rings (SSSR count). The molecular weight excluding hydrogens is 380 g/mol. The van der Waals surface area contributed by atoms with Crippen molar-refractivity contribution < 1.29 is 4.79 Å². The third kappa shape index (κ3) is 3.04. The maximum Gasteiger partial charge on any atom is 0.279 e. The zero-order valence-electron chi connectivity index (χ0n) is 12.0. The number of rotatable bonds is 2. The molecule has 0 radical (unpaired) electrons. The summed E-state index contributed by atoms with van der Waals surface area (Å²) in [5, 5.41) is 0. The van der Waals surface area contributed by atoms with Gasteiger partial charge in [0.15, 0.2) is 4.80 Å². The topological polar surface area (TPSA) is 34.4 Å². The molecular formula is C16H13BrN2OS2. The van der Waals surface area contributed by atoms with Gasteiger partial charge in [-0.1, -0.05) is 33.3 Å². The number of aromatic nitrogens is 1. The van der Waals surface area contributed by atoms with Crippen LogP contribution in [0.3, 0.4) is 0 Å². The van der Waals surface area contributed by atoms with Crippen molar-refractivity contribution in [2.24, 2.45) is 12.0 Å². The number of hydrogen-bond donors (Lipinski definition) is 0. The lowest BCUT2D eigenvalue weighted by Crippen LogP contribution is -2.13. The minimum absolute atomic E-state index is 0.211. The average Bonchev–Trinajstić information content (AvgIpc) is 2.82. The molecule has 0 N–H and O–H groups in total. The third-order valence-electron chi connectivity index (χ3n) is 3.29. The van der Waals surface area contributed by atoms with Gasteiger partial charge in [-0.05, 0) is 42.7 Å². The number of hydrogen-bond acceptors (Lipinski definition) is 3. The summed E-state index contributed by atoms with van der Waals surface area (Å²) in [6, 6.07) is 13.6. The van der Waals surface area contributed by atoms with E-state index < -0.39 is 0 Å². The summed E-state index contributed by atoms with van der Waals surface area (Å²) in [4.78, 5) is 18.4. The summed E-state index contributed by atoms with van der Waals surface area (Å²) in [6.07, 6.45) is 1.99. The number of amides is 1. The van der Waals surface area contributed by atoms with Crippen LogP contribution in [-0.2, 0) is 7.05 Å². The highest BCUT2D eigenvalue weighted by molar-refractivity contribution is 9.10. The van der Waals surface area contributed by atoms with E-state index in [1.807, 2.05) is 54.3 Å². The number of fused-ring (bicyclic) bond motifs is 1. The van der Waals surface area contributed by atoms with E-state index in [1.165, 1.54) is 11.3 Å². The van der Waals surface area contributed by atoms with E-state index >= 15 is 0 Å². The molecule has 3 nitrogen and oxygen atoms in total. The van der Waals surface area contributed by atoms with Crippen LogP contribution in [-0.4, -0.2) is 16.7 Å². The first-order valence-electron chi connectivity index (χ1n) is 6.56. The molecule has 1 aromatic heterocycles. The first-order chi connectivity index (χ1) is 10.6. The van der Waals surface area contributed by atoms with E-state index in [0.717, 1.165) is 19.6 Å². The number of benzene rings is 2. The van der Waals surface area contributed by atoms with Crippen LogP contribution in [0.25, 0.3) is 10.2 Å². The summed E-state index contributed by atoms with van der Waals surface area (Å²) in [6.45, 7) is 0. The molecule has 0 unspecified atom stereocenters. The molecule has 0 atom stereocenters. The summed E-state index contributed by atoms with van der Waals surface area (Å²) >= 11 is 6.59. The van der Waals surface area contributed by atoms with Crippen molar-refractivity contribution in [3.63, 3.8) is 0 Å². The molecule has 6 heteroatoms. The second-order valence-electron chi connectivity index (χ2n) is 4.70. The van der Waals surface area contributed by atoms with Crippen LogP contribution in [0, 0.1) is 0 Å². The monoisotopic (exact) mass is 392 g/mol. The smallest absolute Gasteiger partial charge is 0.279 e. The molecule has 3 aromatic rings. The Morgan fingerprint density at radius 3 is 2.86 bits per heavy atom. The third-order valence-corrected chi connectivity index (χ3v) is 5.60. The fourth-order valence-electron chi connectivity index (χ4n) is 2.12. The molecule has 2 aromatic carbocycles. The van der Waals surface area contributed by atoms with E-state index in [1.54, 1.807) is 17.8 Å². The lowest BCUT2D eigenvalue weighted by atomic mass is 10.2. The highest BCUT2D eigenvalue weighted by atomic mass is 79.9. The van der Waals surface area contributed by atoms with E-state index in [2.05, 4.69) is 20.9 Å². The lowest BCUT2D eigenvalue weighted by Gasteiger charge is -1.99. The molecule has 112 valence electrons. The van der Waals surface area contributed by atoms with Crippen LogP contribution in [0.1, 0.15) is 10.4 Å². The van der Waals surface area contributed by atoms with Gasteiger partial charge in [-0.3, -0.25) is 4.79 Å². The SMILES string of the molecule is CSc1cccc(C(=O)N=c2sc3cc(Br)ccc3n2C)c1. The van der Waals surface area contributed by atoms with Crippen LogP contribution >= 0.6 is 39.0 Å². The van der Waals surface area contributed by atoms with E-state index in [0.29, 0.717) is 10.4 Å². The number of carbonyl (C=O) groups is 1. The molecule has 0 spiro atoms. The highest BCUT2D eigenvalue weighted by Crippen LogP contribution is 2.21. The van der Waals surface area contributed by atoms with Gasteiger partial charge in [-0.15, -0.1) is 11.8 Å². The van der Waals surface area contributed by atoms with E-state index in [4.69, 9.17) is 0 Å². The van der Waals surface area contributed by atoms with Gasteiger partial charge in [0.2, 0.25) is 0 Å². The van der Waals surface area contributed by atoms with Crippen molar-refractivity contribution in [2.45, 2.75) is 4.90 Å². The average molecular weight is 393 g/mol. The molecule has 22 heavy (non-hydrogen) atoms. The second-order valence-corrected chi connectivity index (χ2v) is 7.51. The summed E-state index contributed by atoms with van der Waals surface area (Å²) in [5.74, 6) is -0.211. The van der Waals surface area contributed by atoms with Crippen molar-refractivity contribution >= 4 is 55.2 Å². The molecule has 0 saturated heterocycles. The largest absolute Gasteiger partial charge is 0.319 e.